The van der Waals surface area contributed by atoms with Crippen LogP contribution in [0.4, 0.5) is 0 Å². The molecule has 0 amide bonds. The highest BCUT2D eigenvalue weighted by molar-refractivity contribution is 5.78. The molecule has 0 saturated heterocycles. The fourth-order valence-electron chi connectivity index (χ4n) is 5.91. The van der Waals surface area contributed by atoms with E-state index in [-0.39, 0.29) is 0 Å². The van der Waals surface area contributed by atoms with Gasteiger partial charge in [-0.05, 0) is 77.8 Å². The van der Waals surface area contributed by atoms with Gasteiger partial charge in [0.15, 0.2) is 0 Å². The van der Waals surface area contributed by atoms with Crippen molar-refractivity contribution in [2.24, 2.45) is 29.0 Å². The van der Waals surface area contributed by atoms with Gasteiger partial charge >= 0.3 is 0 Å². The summed E-state index contributed by atoms with van der Waals surface area (Å²) in [6.45, 7) is 11.0. The summed E-state index contributed by atoms with van der Waals surface area (Å²) in [5, 5.41) is 0. The minimum absolute atomic E-state index is 0.393. The summed E-state index contributed by atoms with van der Waals surface area (Å²) in [7, 11) is 0. The monoisotopic (exact) mass is 713 g/mol. The molecule has 0 aliphatic carbocycles. The zero-order valence-corrected chi connectivity index (χ0v) is 31.3. The van der Waals surface area contributed by atoms with E-state index in [1.165, 1.54) is 11.1 Å². The van der Waals surface area contributed by atoms with Crippen LogP contribution >= 0.6 is 0 Å². The number of hydrogen-bond donors (Lipinski definition) is 3. The summed E-state index contributed by atoms with van der Waals surface area (Å²) in [5.41, 5.74) is 21.4. The Morgan fingerprint density at radius 1 is 0.538 bits per heavy atom. The van der Waals surface area contributed by atoms with E-state index in [0.717, 1.165) is 66.2 Å². The molecule has 4 aromatic carbocycles. The molecule has 0 radical (unpaired) electrons. The van der Waals surface area contributed by atoms with Crippen molar-refractivity contribution in [1.82, 2.24) is 0 Å². The first-order valence-corrected chi connectivity index (χ1v) is 18.8. The standard InChI is InChI=1S/C43H59N3O6/c1-4-33(5-2)31-52-42-14-8-13-41(51-24-19-46)43(42)36-27-39(30-40(28-36)50-23-18-45)48-20-15-32(3)25-35-10-6-9-34(26-35)16-21-47-37-11-7-12-38(29-37)49-22-17-44/h6-14,26-30,32-33H,4-5,15-25,31,44-46H2,1-3H3. The Morgan fingerprint density at radius 2 is 1.08 bits per heavy atom. The van der Waals surface area contributed by atoms with Gasteiger partial charge in [0, 0.05) is 38.2 Å². The van der Waals surface area contributed by atoms with Gasteiger partial charge in [0.1, 0.15) is 54.3 Å². The van der Waals surface area contributed by atoms with Crippen LogP contribution in [0, 0.1) is 11.8 Å². The van der Waals surface area contributed by atoms with Gasteiger partial charge in [0.05, 0.1) is 25.4 Å². The van der Waals surface area contributed by atoms with Crippen molar-refractivity contribution in [2.75, 3.05) is 59.3 Å². The van der Waals surface area contributed by atoms with E-state index in [1.54, 1.807) is 0 Å². The second kappa shape index (κ2) is 22.5. The maximum atomic E-state index is 6.42. The quantitative estimate of drug-likeness (QED) is 0.0641. The lowest BCUT2D eigenvalue weighted by atomic mass is 9.96. The molecule has 52 heavy (non-hydrogen) atoms. The predicted octanol–water partition coefficient (Wildman–Crippen LogP) is 7.45. The van der Waals surface area contributed by atoms with E-state index >= 15 is 0 Å². The molecule has 0 aromatic heterocycles. The van der Waals surface area contributed by atoms with Crippen LogP contribution in [0.5, 0.6) is 34.5 Å². The summed E-state index contributed by atoms with van der Waals surface area (Å²) in [5.74, 6) is 5.29. The third kappa shape index (κ3) is 13.3. The van der Waals surface area contributed by atoms with Crippen LogP contribution in [0.2, 0.25) is 0 Å². The molecule has 1 unspecified atom stereocenters. The lowest BCUT2D eigenvalue weighted by molar-refractivity contribution is 0.240. The second-order valence-corrected chi connectivity index (χ2v) is 13.1. The largest absolute Gasteiger partial charge is 0.493 e. The van der Waals surface area contributed by atoms with E-state index in [4.69, 9.17) is 45.6 Å². The van der Waals surface area contributed by atoms with Gasteiger partial charge in [-0.2, -0.15) is 0 Å². The lowest BCUT2D eigenvalue weighted by Crippen LogP contribution is -2.13. The summed E-state index contributed by atoms with van der Waals surface area (Å²) in [6, 6.07) is 28.3. The molecule has 1 atom stereocenters. The van der Waals surface area contributed by atoms with E-state index in [9.17, 15) is 0 Å². The van der Waals surface area contributed by atoms with Crippen molar-refractivity contribution in [1.29, 1.82) is 0 Å². The molecule has 282 valence electrons. The number of hydrogen-bond acceptors (Lipinski definition) is 9. The van der Waals surface area contributed by atoms with E-state index in [2.05, 4.69) is 45.0 Å². The number of rotatable bonds is 25. The van der Waals surface area contributed by atoms with Crippen LogP contribution in [0.3, 0.4) is 0 Å². The zero-order valence-electron chi connectivity index (χ0n) is 31.3. The molecule has 0 aliphatic heterocycles. The smallest absolute Gasteiger partial charge is 0.130 e. The molecule has 0 saturated carbocycles. The topological polar surface area (TPSA) is 133 Å². The minimum Gasteiger partial charge on any atom is -0.493 e. The van der Waals surface area contributed by atoms with Crippen LogP contribution in [0.25, 0.3) is 11.1 Å². The van der Waals surface area contributed by atoms with E-state index in [1.807, 2.05) is 60.7 Å². The molecule has 0 heterocycles. The molecule has 0 spiro atoms. The Kier molecular flexibility index (Phi) is 17.4. The Labute approximate surface area is 310 Å². The maximum Gasteiger partial charge on any atom is 0.130 e. The fraction of sp³-hybridized carbons (Fsp3) is 0.442. The van der Waals surface area contributed by atoms with Gasteiger partial charge in [0.2, 0.25) is 0 Å². The average molecular weight is 714 g/mol. The normalized spacial score (nSPS) is 11.7. The first-order chi connectivity index (χ1) is 25.5. The van der Waals surface area contributed by atoms with E-state index < -0.39 is 0 Å². The SMILES string of the molecule is CCC(CC)COc1cccc(OCCN)c1-c1cc(OCCN)cc(OCCC(C)Cc2cccc(CCOc3cccc(OCCN)c3)c2)c1. The molecule has 9 heteroatoms. The minimum atomic E-state index is 0.393. The zero-order chi connectivity index (χ0) is 37.0. The van der Waals surface area contributed by atoms with E-state index in [0.29, 0.717) is 82.6 Å². The highest BCUT2D eigenvalue weighted by Crippen LogP contribution is 2.42. The Hall–Kier alpha value is -4.44. The van der Waals surface area contributed by atoms with Crippen molar-refractivity contribution in [2.45, 2.75) is 52.9 Å². The predicted molar refractivity (Wildman–Crippen MR) is 210 cm³/mol. The van der Waals surface area contributed by atoms with Crippen molar-refractivity contribution in [3.8, 4) is 45.6 Å². The molecule has 4 rings (SSSR count). The Balaban J connectivity index is 1.39. The van der Waals surface area contributed by atoms with Gasteiger partial charge in [0.25, 0.3) is 0 Å². The number of ether oxygens (including phenoxy) is 6. The maximum absolute atomic E-state index is 6.42. The molecular weight excluding hydrogens is 654 g/mol. The van der Waals surface area contributed by atoms with Gasteiger partial charge in [-0.15, -0.1) is 0 Å². The highest BCUT2D eigenvalue weighted by atomic mass is 16.5. The van der Waals surface area contributed by atoms with Crippen molar-refractivity contribution in [3.05, 3.63) is 96.1 Å². The molecular formula is C43H59N3O6. The molecule has 0 bridgehead atoms. The third-order valence-corrected chi connectivity index (χ3v) is 8.85. The molecule has 9 nitrogen and oxygen atoms in total. The third-order valence-electron chi connectivity index (χ3n) is 8.85. The van der Waals surface area contributed by atoms with Crippen LogP contribution in [-0.4, -0.2) is 59.3 Å². The molecule has 6 N–H and O–H groups in total. The van der Waals surface area contributed by atoms with Crippen LogP contribution < -0.4 is 45.6 Å². The van der Waals surface area contributed by atoms with Gasteiger partial charge in [-0.1, -0.05) is 70.0 Å². The van der Waals surface area contributed by atoms with Crippen LogP contribution in [-0.2, 0) is 12.8 Å². The Bertz CT molecular complexity index is 1610. The fourth-order valence-corrected chi connectivity index (χ4v) is 5.91. The number of nitrogens with two attached hydrogens (primary N) is 3. The Morgan fingerprint density at radius 3 is 1.75 bits per heavy atom. The van der Waals surface area contributed by atoms with Crippen molar-refractivity contribution >= 4 is 0 Å². The first kappa shape index (κ1) is 40.3. The summed E-state index contributed by atoms with van der Waals surface area (Å²) in [4.78, 5) is 0. The van der Waals surface area contributed by atoms with Crippen molar-refractivity contribution < 1.29 is 28.4 Å². The number of benzene rings is 4. The molecule has 0 fully saturated rings. The second-order valence-electron chi connectivity index (χ2n) is 13.1. The summed E-state index contributed by atoms with van der Waals surface area (Å²) < 4.78 is 36.6. The summed E-state index contributed by atoms with van der Waals surface area (Å²) >= 11 is 0. The lowest BCUT2D eigenvalue weighted by Gasteiger charge is -2.20. The van der Waals surface area contributed by atoms with Gasteiger partial charge in [-0.25, -0.2) is 0 Å². The van der Waals surface area contributed by atoms with Gasteiger partial charge < -0.3 is 45.6 Å². The first-order valence-electron chi connectivity index (χ1n) is 18.8. The van der Waals surface area contributed by atoms with Crippen LogP contribution in [0.15, 0.2) is 84.9 Å². The molecule has 0 aliphatic rings. The highest BCUT2D eigenvalue weighted by Gasteiger charge is 2.18. The average Bonchev–Trinajstić information content (AvgIpc) is 3.16. The van der Waals surface area contributed by atoms with Gasteiger partial charge in [-0.3, -0.25) is 0 Å². The van der Waals surface area contributed by atoms with Crippen LogP contribution in [0.1, 0.15) is 51.2 Å². The van der Waals surface area contributed by atoms with Crippen molar-refractivity contribution in [3.63, 3.8) is 0 Å². The summed E-state index contributed by atoms with van der Waals surface area (Å²) in [6.07, 6.45) is 4.76. The molecule has 4 aromatic rings.